The van der Waals surface area contributed by atoms with Gasteiger partial charge in [-0.2, -0.15) is 0 Å². The molecule has 2 aliphatic rings. The molecule has 2 amide bonds. The molecule has 0 bridgehead atoms. The molecule has 0 saturated carbocycles. The fraction of sp³-hybridized carbons (Fsp3) is 0.321. The van der Waals surface area contributed by atoms with Gasteiger partial charge in [0.2, 0.25) is 11.8 Å². The Hall–Kier alpha value is -4.07. The maximum atomic E-state index is 13.5. The van der Waals surface area contributed by atoms with Gasteiger partial charge in [-0.05, 0) is 42.3 Å². The molecule has 1 atom stereocenters. The van der Waals surface area contributed by atoms with E-state index in [0.29, 0.717) is 18.8 Å². The Morgan fingerprint density at radius 2 is 1.86 bits per heavy atom. The summed E-state index contributed by atoms with van der Waals surface area (Å²) in [6.07, 6.45) is 1.47. The molecule has 3 aromatic rings. The molecule has 0 fully saturated rings. The van der Waals surface area contributed by atoms with Gasteiger partial charge in [0.15, 0.2) is 0 Å². The van der Waals surface area contributed by atoms with Crippen LogP contribution in [0.3, 0.4) is 0 Å². The third-order valence-corrected chi connectivity index (χ3v) is 6.93. The van der Waals surface area contributed by atoms with Crippen LogP contribution in [0.25, 0.3) is 0 Å². The van der Waals surface area contributed by atoms with Crippen LogP contribution in [0.1, 0.15) is 35.3 Å². The molecule has 1 aromatic heterocycles. The first-order chi connectivity index (χ1) is 17.5. The van der Waals surface area contributed by atoms with Crippen molar-refractivity contribution in [2.24, 2.45) is 0 Å². The van der Waals surface area contributed by atoms with Gasteiger partial charge in [-0.1, -0.05) is 18.2 Å². The molecule has 0 spiro atoms. The third kappa shape index (κ3) is 4.46. The van der Waals surface area contributed by atoms with Crippen LogP contribution in [0.4, 0.5) is 11.4 Å². The van der Waals surface area contributed by atoms with E-state index >= 15 is 0 Å². The van der Waals surface area contributed by atoms with Crippen molar-refractivity contribution in [1.29, 1.82) is 0 Å². The maximum Gasteiger partial charge on any atom is 0.251 e. The lowest BCUT2D eigenvalue weighted by Gasteiger charge is -2.35. The first-order valence-electron chi connectivity index (χ1n) is 12.1. The second-order valence-electron chi connectivity index (χ2n) is 9.07. The number of anilines is 2. The number of methoxy groups -OCH3 is 2. The second-order valence-corrected chi connectivity index (χ2v) is 9.07. The Morgan fingerprint density at radius 1 is 1.03 bits per heavy atom. The Balaban J connectivity index is 1.36. The van der Waals surface area contributed by atoms with Crippen molar-refractivity contribution in [3.63, 3.8) is 0 Å². The summed E-state index contributed by atoms with van der Waals surface area (Å²) in [7, 11) is 3.26. The molecular formula is C28H30N4O4. The van der Waals surface area contributed by atoms with Gasteiger partial charge in [-0.3, -0.25) is 9.59 Å². The van der Waals surface area contributed by atoms with Crippen molar-refractivity contribution in [2.75, 3.05) is 37.5 Å². The van der Waals surface area contributed by atoms with Crippen LogP contribution in [0.2, 0.25) is 0 Å². The molecule has 8 heteroatoms. The highest BCUT2D eigenvalue weighted by molar-refractivity contribution is 5.98. The van der Waals surface area contributed by atoms with Crippen molar-refractivity contribution >= 4 is 23.2 Å². The predicted molar refractivity (Wildman–Crippen MR) is 137 cm³/mol. The normalized spacial score (nSPS) is 16.2. The quantitative estimate of drug-likeness (QED) is 0.572. The van der Waals surface area contributed by atoms with E-state index in [1.165, 1.54) is 12.5 Å². The highest BCUT2D eigenvalue weighted by Gasteiger charge is 2.35. The standard InChI is InChI=1S/C28H30N4O4/c1-18(33)32-15-13-23-22(9-11-26(30-23)36-3)27(32)28(34)29-21-8-10-24-19(16-21)12-14-31(24)17-20-6-4-5-7-25(20)35-2/h4-11,16,27H,12-15,17H2,1-3H3,(H,29,34). The number of amides is 2. The number of rotatable bonds is 6. The number of benzene rings is 2. The SMILES string of the molecule is COc1ccc2c(n1)CCN(C(C)=O)C2C(=O)Nc1ccc2c(c1)CCN2Cc1ccccc1OC. The van der Waals surface area contributed by atoms with Gasteiger partial charge in [0.1, 0.15) is 11.8 Å². The third-order valence-electron chi connectivity index (χ3n) is 6.93. The van der Waals surface area contributed by atoms with Crippen molar-refractivity contribution in [2.45, 2.75) is 32.4 Å². The van der Waals surface area contributed by atoms with Crippen LogP contribution in [-0.2, 0) is 29.0 Å². The average molecular weight is 487 g/mol. The van der Waals surface area contributed by atoms with E-state index in [2.05, 4.69) is 27.3 Å². The lowest BCUT2D eigenvalue weighted by atomic mass is 9.95. The summed E-state index contributed by atoms with van der Waals surface area (Å²) in [4.78, 5) is 34.3. The summed E-state index contributed by atoms with van der Waals surface area (Å²) >= 11 is 0. The summed E-state index contributed by atoms with van der Waals surface area (Å²) in [5.41, 5.74) is 5.71. The number of nitrogens with zero attached hydrogens (tertiary/aromatic N) is 3. The van der Waals surface area contributed by atoms with Crippen LogP contribution in [0.15, 0.2) is 54.6 Å². The lowest BCUT2D eigenvalue weighted by molar-refractivity contribution is -0.137. The van der Waals surface area contributed by atoms with E-state index in [4.69, 9.17) is 9.47 Å². The maximum absolute atomic E-state index is 13.5. The van der Waals surface area contributed by atoms with Gasteiger partial charge in [0.25, 0.3) is 5.91 Å². The zero-order valence-electron chi connectivity index (χ0n) is 20.8. The second kappa shape index (κ2) is 9.89. The molecular weight excluding hydrogens is 456 g/mol. The number of hydrogen-bond acceptors (Lipinski definition) is 6. The Kier molecular flexibility index (Phi) is 6.50. The Labute approximate surface area is 210 Å². The molecule has 2 aliphatic heterocycles. The minimum atomic E-state index is -0.736. The van der Waals surface area contributed by atoms with Gasteiger partial charge in [-0.15, -0.1) is 0 Å². The Morgan fingerprint density at radius 3 is 2.64 bits per heavy atom. The zero-order valence-corrected chi connectivity index (χ0v) is 20.8. The first kappa shape index (κ1) is 23.7. The summed E-state index contributed by atoms with van der Waals surface area (Å²) in [6.45, 7) is 3.58. The smallest absolute Gasteiger partial charge is 0.251 e. The van der Waals surface area contributed by atoms with E-state index in [9.17, 15) is 9.59 Å². The van der Waals surface area contributed by atoms with Crippen LogP contribution in [0, 0.1) is 0 Å². The minimum absolute atomic E-state index is 0.141. The number of aromatic nitrogens is 1. The number of pyridine rings is 1. The van der Waals surface area contributed by atoms with Crippen LogP contribution >= 0.6 is 0 Å². The molecule has 1 N–H and O–H groups in total. The van der Waals surface area contributed by atoms with E-state index in [1.54, 1.807) is 25.2 Å². The fourth-order valence-electron chi connectivity index (χ4n) is 5.16. The number of fused-ring (bicyclic) bond motifs is 2. The first-order valence-corrected chi connectivity index (χ1v) is 12.1. The van der Waals surface area contributed by atoms with Crippen LogP contribution in [-0.4, -0.2) is 49.0 Å². The largest absolute Gasteiger partial charge is 0.496 e. The number of carbonyl (C=O) groups is 2. The molecule has 5 rings (SSSR count). The van der Waals surface area contributed by atoms with E-state index in [1.807, 2.05) is 36.4 Å². The monoisotopic (exact) mass is 486 g/mol. The summed E-state index contributed by atoms with van der Waals surface area (Å²) in [5.74, 6) is 0.990. The van der Waals surface area contributed by atoms with Gasteiger partial charge >= 0.3 is 0 Å². The molecule has 8 nitrogen and oxygen atoms in total. The highest BCUT2D eigenvalue weighted by Crippen LogP contribution is 2.35. The number of carbonyl (C=O) groups excluding carboxylic acids is 2. The number of para-hydroxylation sites is 1. The van der Waals surface area contributed by atoms with Gasteiger partial charge in [-0.25, -0.2) is 4.98 Å². The number of hydrogen-bond donors (Lipinski definition) is 1. The predicted octanol–water partition coefficient (Wildman–Crippen LogP) is 3.75. The van der Waals surface area contributed by atoms with Gasteiger partial charge < -0.3 is 24.6 Å². The van der Waals surface area contributed by atoms with Crippen molar-refractivity contribution in [3.8, 4) is 11.6 Å². The average Bonchev–Trinajstić information content (AvgIpc) is 3.29. The fourth-order valence-corrected chi connectivity index (χ4v) is 5.16. The topological polar surface area (TPSA) is 84.0 Å². The van der Waals surface area contributed by atoms with Crippen molar-refractivity contribution in [3.05, 3.63) is 77.0 Å². The molecule has 1 unspecified atom stereocenters. The molecule has 36 heavy (non-hydrogen) atoms. The Bertz CT molecular complexity index is 1310. The molecule has 0 saturated heterocycles. The van der Waals surface area contributed by atoms with Gasteiger partial charge in [0.05, 0.1) is 19.9 Å². The summed E-state index contributed by atoms with van der Waals surface area (Å²) < 4.78 is 10.8. The van der Waals surface area contributed by atoms with Gasteiger partial charge in [0, 0.05) is 61.5 Å². The van der Waals surface area contributed by atoms with Crippen LogP contribution < -0.4 is 19.7 Å². The molecule has 0 aliphatic carbocycles. The van der Waals surface area contributed by atoms with E-state index in [-0.39, 0.29) is 11.8 Å². The summed E-state index contributed by atoms with van der Waals surface area (Å²) in [5, 5.41) is 3.05. The number of nitrogens with one attached hydrogen (secondary N) is 1. The zero-order chi connectivity index (χ0) is 25.2. The van der Waals surface area contributed by atoms with Crippen LogP contribution in [0.5, 0.6) is 11.6 Å². The molecule has 3 heterocycles. The molecule has 2 aromatic carbocycles. The number of ether oxygens (including phenoxy) is 2. The van der Waals surface area contributed by atoms with Crippen molar-refractivity contribution < 1.29 is 19.1 Å². The lowest BCUT2D eigenvalue weighted by Crippen LogP contribution is -2.44. The molecule has 0 radical (unpaired) electrons. The highest BCUT2D eigenvalue weighted by atomic mass is 16.5. The molecule has 186 valence electrons. The van der Waals surface area contributed by atoms with E-state index in [0.717, 1.165) is 53.5 Å². The summed E-state index contributed by atoms with van der Waals surface area (Å²) in [6, 6.07) is 16.9. The van der Waals surface area contributed by atoms with Crippen molar-refractivity contribution in [1.82, 2.24) is 9.88 Å². The minimum Gasteiger partial charge on any atom is -0.496 e. The van der Waals surface area contributed by atoms with E-state index < -0.39 is 6.04 Å².